The Balaban J connectivity index is 1.70. The molecule has 0 bridgehead atoms. The molecule has 1 atom stereocenters. The fourth-order valence-electron chi connectivity index (χ4n) is 2.45. The van der Waals surface area contributed by atoms with Crippen LogP contribution in [0.5, 0.6) is 0 Å². The van der Waals surface area contributed by atoms with E-state index in [0.29, 0.717) is 6.04 Å². The maximum atomic E-state index is 5.91. The van der Waals surface area contributed by atoms with Crippen LogP contribution in [0, 0.1) is 0 Å². The Kier molecular flexibility index (Phi) is 3.13. The first-order valence-electron chi connectivity index (χ1n) is 6.39. The van der Waals surface area contributed by atoms with E-state index in [2.05, 4.69) is 33.3 Å². The molecule has 2 heterocycles. The van der Waals surface area contributed by atoms with Crippen molar-refractivity contribution in [3.05, 3.63) is 42.1 Å². The van der Waals surface area contributed by atoms with Crippen LogP contribution in [-0.2, 0) is 6.54 Å². The van der Waals surface area contributed by atoms with Crippen molar-refractivity contribution in [1.82, 2.24) is 15.1 Å². The number of benzene rings is 1. The third kappa shape index (κ3) is 2.44. The van der Waals surface area contributed by atoms with E-state index in [1.54, 1.807) is 0 Å². The lowest BCUT2D eigenvalue weighted by Gasteiger charge is -2.12. The average molecular weight is 242 g/mol. The predicted molar refractivity (Wildman–Crippen MR) is 71.9 cm³/mol. The molecule has 1 aliphatic rings. The Morgan fingerprint density at radius 1 is 1.33 bits per heavy atom. The monoisotopic (exact) mass is 242 g/mol. The highest BCUT2D eigenvalue weighted by Crippen LogP contribution is 2.18. The van der Waals surface area contributed by atoms with E-state index in [9.17, 15) is 0 Å². The van der Waals surface area contributed by atoms with Crippen LogP contribution < -0.4 is 5.73 Å². The molecule has 3 rings (SSSR count). The second kappa shape index (κ2) is 4.92. The Labute approximate surface area is 107 Å². The number of nitrogens with one attached hydrogen (secondary N) is 1. The lowest BCUT2D eigenvalue weighted by Crippen LogP contribution is -2.26. The zero-order valence-corrected chi connectivity index (χ0v) is 10.3. The molecule has 1 fully saturated rings. The van der Waals surface area contributed by atoms with Gasteiger partial charge in [-0.2, -0.15) is 5.10 Å². The molecule has 94 valence electrons. The van der Waals surface area contributed by atoms with Crippen LogP contribution >= 0.6 is 0 Å². The molecule has 3 N–H and O–H groups in total. The van der Waals surface area contributed by atoms with Crippen molar-refractivity contribution in [2.75, 3.05) is 13.1 Å². The van der Waals surface area contributed by atoms with E-state index in [1.165, 1.54) is 0 Å². The normalized spacial score (nSPS) is 20.4. The number of aromatic nitrogens is 2. The molecule has 1 aliphatic heterocycles. The van der Waals surface area contributed by atoms with E-state index in [4.69, 9.17) is 5.73 Å². The first-order chi connectivity index (χ1) is 8.81. The summed E-state index contributed by atoms with van der Waals surface area (Å²) >= 11 is 0. The molecule has 0 spiro atoms. The predicted octanol–water partition coefficient (Wildman–Crippen LogP) is 1.61. The second-order valence-electron chi connectivity index (χ2n) is 4.93. The summed E-state index contributed by atoms with van der Waals surface area (Å²) in [7, 11) is 0. The highest BCUT2D eigenvalue weighted by Gasteiger charge is 2.19. The van der Waals surface area contributed by atoms with Crippen LogP contribution in [-0.4, -0.2) is 34.2 Å². The van der Waals surface area contributed by atoms with Gasteiger partial charge in [-0.1, -0.05) is 30.3 Å². The number of aromatic amines is 1. The van der Waals surface area contributed by atoms with Crippen LogP contribution in [0.15, 0.2) is 36.4 Å². The van der Waals surface area contributed by atoms with Crippen LogP contribution in [0.25, 0.3) is 11.3 Å². The maximum absolute atomic E-state index is 5.91. The van der Waals surface area contributed by atoms with Crippen molar-refractivity contribution in [3.63, 3.8) is 0 Å². The van der Waals surface area contributed by atoms with E-state index < -0.39 is 0 Å². The Hall–Kier alpha value is -1.65. The van der Waals surface area contributed by atoms with E-state index in [0.717, 1.165) is 43.0 Å². The summed E-state index contributed by atoms with van der Waals surface area (Å²) in [6.45, 7) is 2.98. The van der Waals surface area contributed by atoms with Gasteiger partial charge in [0.1, 0.15) is 0 Å². The summed E-state index contributed by atoms with van der Waals surface area (Å²) in [6, 6.07) is 12.7. The minimum atomic E-state index is 0.335. The molecule has 18 heavy (non-hydrogen) atoms. The fraction of sp³-hybridized carbons (Fsp3) is 0.357. The highest BCUT2D eigenvalue weighted by atomic mass is 15.2. The van der Waals surface area contributed by atoms with Crippen molar-refractivity contribution in [2.45, 2.75) is 19.0 Å². The van der Waals surface area contributed by atoms with Gasteiger partial charge in [-0.25, -0.2) is 0 Å². The smallest absolute Gasteiger partial charge is 0.0924 e. The van der Waals surface area contributed by atoms with Gasteiger partial charge >= 0.3 is 0 Å². The van der Waals surface area contributed by atoms with Gasteiger partial charge in [-0.3, -0.25) is 10.00 Å². The number of nitrogens with two attached hydrogens (primary N) is 1. The average Bonchev–Trinajstić information content (AvgIpc) is 3.01. The lowest BCUT2D eigenvalue weighted by atomic mass is 10.1. The molecular formula is C14H18N4. The minimum absolute atomic E-state index is 0.335. The summed E-state index contributed by atoms with van der Waals surface area (Å²) in [5, 5.41) is 7.48. The third-order valence-corrected chi connectivity index (χ3v) is 3.40. The van der Waals surface area contributed by atoms with Gasteiger partial charge in [-0.15, -0.1) is 0 Å². The molecular weight excluding hydrogens is 224 g/mol. The van der Waals surface area contributed by atoms with E-state index in [-0.39, 0.29) is 0 Å². The summed E-state index contributed by atoms with van der Waals surface area (Å²) in [4.78, 5) is 2.37. The summed E-state index contributed by atoms with van der Waals surface area (Å²) in [5.74, 6) is 0. The summed E-state index contributed by atoms with van der Waals surface area (Å²) < 4.78 is 0. The molecule has 0 saturated carbocycles. The minimum Gasteiger partial charge on any atom is -0.326 e. The van der Waals surface area contributed by atoms with Crippen LogP contribution in [0.3, 0.4) is 0 Å². The van der Waals surface area contributed by atoms with Gasteiger partial charge < -0.3 is 5.73 Å². The van der Waals surface area contributed by atoms with Gasteiger partial charge in [0.15, 0.2) is 0 Å². The molecule has 0 aliphatic carbocycles. The molecule has 0 amide bonds. The molecule has 1 aromatic carbocycles. The fourth-order valence-corrected chi connectivity index (χ4v) is 2.45. The number of hydrogen-bond acceptors (Lipinski definition) is 3. The number of nitrogens with zero attached hydrogens (tertiary/aromatic N) is 2. The maximum Gasteiger partial charge on any atom is 0.0924 e. The number of likely N-dealkylation sites (tertiary alicyclic amines) is 1. The Morgan fingerprint density at radius 2 is 2.17 bits per heavy atom. The SMILES string of the molecule is NC1CCN(Cc2cc(-c3ccccc3)n[nH]2)C1. The topological polar surface area (TPSA) is 57.9 Å². The molecule has 4 nitrogen and oxygen atoms in total. The van der Waals surface area contributed by atoms with Crippen LogP contribution in [0.2, 0.25) is 0 Å². The Bertz CT molecular complexity index is 506. The number of hydrogen-bond donors (Lipinski definition) is 2. The molecule has 0 radical (unpaired) electrons. The van der Waals surface area contributed by atoms with Crippen molar-refractivity contribution in [1.29, 1.82) is 0 Å². The Morgan fingerprint density at radius 3 is 2.89 bits per heavy atom. The third-order valence-electron chi connectivity index (χ3n) is 3.40. The van der Waals surface area contributed by atoms with Gasteiger partial charge in [0, 0.05) is 36.9 Å². The van der Waals surface area contributed by atoms with Gasteiger partial charge in [0.05, 0.1) is 5.69 Å². The van der Waals surface area contributed by atoms with Crippen molar-refractivity contribution >= 4 is 0 Å². The molecule has 1 aromatic heterocycles. The first-order valence-corrected chi connectivity index (χ1v) is 6.39. The number of rotatable bonds is 3. The van der Waals surface area contributed by atoms with Crippen molar-refractivity contribution in [2.24, 2.45) is 5.73 Å². The van der Waals surface area contributed by atoms with E-state index >= 15 is 0 Å². The zero-order valence-electron chi connectivity index (χ0n) is 10.3. The molecule has 4 heteroatoms. The van der Waals surface area contributed by atoms with Crippen molar-refractivity contribution in [3.8, 4) is 11.3 Å². The number of H-pyrrole nitrogens is 1. The first kappa shape index (κ1) is 11.4. The molecule has 2 aromatic rings. The molecule has 1 saturated heterocycles. The lowest BCUT2D eigenvalue weighted by molar-refractivity contribution is 0.322. The zero-order chi connectivity index (χ0) is 12.4. The molecule has 1 unspecified atom stereocenters. The van der Waals surface area contributed by atoms with Crippen LogP contribution in [0.4, 0.5) is 0 Å². The second-order valence-corrected chi connectivity index (χ2v) is 4.93. The largest absolute Gasteiger partial charge is 0.326 e. The summed E-state index contributed by atoms with van der Waals surface area (Å²) in [5.41, 5.74) is 9.22. The van der Waals surface area contributed by atoms with Crippen LogP contribution in [0.1, 0.15) is 12.1 Å². The van der Waals surface area contributed by atoms with Gasteiger partial charge in [0.2, 0.25) is 0 Å². The van der Waals surface area contributed by atoms with Gasteiger partial charge in [0.25, 0.3) is 0 Å². The summed E-state index contributed by atoms with van der Waals surface area (Å²) in [6.07, 6.45) is 1.10. The van der Waals surface area contributed by atoms with Gasteiger partial charge in [-0.05, 0) is 12.5 Å². The quantitative estimate of drug-likeness (QED) is 0.859. The van der Waals surface area contributed by atoms with Crippen molar-refractivity contribution < 1.29 is 0 Å². The highest BCUT2D eigenvalue weighted by molar-refractivity contribution is 5.58. The van der Waals surface area contributed by atoms with E-state index in [1.807, 2.05) is 18.2 Å². The standard InChI is InChI=1S/C14H18N4/c15-12-6-7-18(9-12)10-13-8-14(17-16-13)11-4-2-1-3-5-11/h1-5,8,12H,6-7,9-10,15H2,(H,16,17).